The maximum absolute atomic E-state index is 9.32. The van der Waals surface area contributed by atoms with E-state index in [0.717, 1.165) is 11.1 Å². The topological polar surface area (TPSA) is 23.8 Å². The lowest BCUT2D eigenvalue weighted by Gasteiger charge is -2.11. The minimum Gasteiger partial charge on any atom is -0.198 e. The van der Waals surface area contributed by atoms with Crippen LogP contribution in [0.25, 0.3) is 0 Å². The van der Waals surface area contributed by atoms with E-state index >= 15 is 0 Å². The molecule has 19 heavy (non-hydrogen) atoms. The van der Waals surface area contributed by atoms with Crippen molar-refractivity contribution in [3.8, 4) is 6.07 Å². The number of hydrogen-bond donors (Lipinski definition) is 0. The maximum Gasteiger partial charge on any atom is 0.0767 e. The van der Waals surface area contributed by atoms with Gasteiger partial charge in [0.2, 0.25) is 0 Å². The summed E-state index contributed by atoms with van der Waals surface area (Å²) in [7, 11) is 0. The van der Waals surface area contributed by atoms with Gasteiger partial charge >= 0.3 is 0 Å². The number of nitrogens with zero attached hydrogens (tertiary/aromatic N) is 1. The first kappa shape index (κ1) is 14.2. The number of nitriles is 1. The van der Waals surface area contributed by atoms with Crippen LogP contribution in [0.2, 0.25) is 15.1 Å². The molecule has 0 aliphatic heterocycles. The summed E-state index contributed by atoms with van der Waals surface area (Å²) in [6.45, 7) is 0. The summed E-state index contributed by atoms with van der Waals surface area (Å²) in [5.41, 5.74) is 1.84. The van der Waals surface area contributed by atoms with Gasteiger partial charge in [0.25, 0.3) is 0 Å². The average Bonchev–Trinajstić information content (AvgIpc) is 2.39. The van der Waals surface area contributed by atoms with Gasteiger partial charge in [0.05, 0.1) is 12.0 Å². The summed E-state index contributed by atoms with van der Waals surface area (Å²) in [5, 5.41) is 11.1. The third-order valence-corrected chi connectivity index (χ3v) is 3.66. The van der Waals surface area contributed by atoms with E-state index in [9.17, 15) is 5.26 Å². The Bertz CT molecular complexity index is 614. The fraction of sp³-hybridized carbons (Fsp3) is 0.133. The molecule has 1 atom stereocenters. The molecule has 0 aliphatic rings. The van der Waals surface area contributed by atoms with Crippen molar-refractivity contribution in [3.63, 3.8) is 0 Å². The summed E-state index contributed by atoms with van der Waals surface area (Å²) < 4.78 is 0. The Balaban J connectivity index is 2.25. The van der Waals surface area contributed by atoms with Gasteiger partial charge in [-0.2, -0.15) is 5.26 Å². The molecule has 0 aromatic heterocycles. The van der Waals surface area contributed by atoms with Crippen LogP contribution in [0, 0.1) is 11.3 Å². The van der Waals surface area contributed by atoms with Crippen LogP contribution in [0.1, 0.15) is 17.0 Å². The number of benzene rings is 2. The van der Waals surface area contributed by atoms with Crippen molar-refractivity contribution in [2.75, 3.05) is 0 Å². The minimum atomic E-state index is -0.300. The van der Waals surface area contributed by atoms with Gasteiger partial charge in [0.1, 0.15) is 0 Å². The van der Waals surface area contributed by atoms with E-state index in [0.29, 0.717) is 21.5 Å². The Morgan fingerprint density at radius 2 is 1.58 bits per heavy atom. The number of halogens is 3. The quantitative estimate of drug-likeness (QED) is 0.734. The molecule has 0 N–H and O–H groups in total. The van der Waals surface area contributed by atoms with Crippen LogP contribution in [0.5, 0.6) is 0 Å². The molecule has 4 heteroatoms. The van der Waals surface area contributed by atoms with Gasteiger partial charge in [-0.1, -0.05) is 53.0 Å². The fourth-order valence-corrected chi connectivity index (χ4v) is 2.53. The normalized spacial score (nSPS) is 11.9. The summed E-state index contributed by atoms with van der Waals surface area (Å²) >= 11 is 17.8. The Kier molecular flexibility index (Phi) is 4.71. The lowest BCUT2D eigenvalue weighted by atomic mass is 9.93. The minimum absolute atomic E-state index is 0.300. The fourth-order valence-electron chi connectivity index (χ4n) is 1.87. The van der Waals surface area contributed by atoms with Crippen molar-refractivity contribution in [1.29, 1.82) is 5.26 Å². The van der Waals surface area contributed by atoms with Crippen molar-refractivity contribution >= 4 is 34.8 Å². The molecule has 0 radical (unpaired) electrons. The third-order valence-electron chi connectivity index (χ3n) is 2.85. The highest BCUT2D eigenvalue weighted by atomic mass is 35.5. The summed E-state index contributed by atoms with van der Waals surface area (Å²) in [6.07, 6.45) is 0.592. The SMILES string of the molecule is N#C[C@H](Cc1ccc(Cl)cc1)c1ccc(Cl)cc1Cl. The molecule has 0 aliphatic carbocycles. The van der Waals surface area contributed by atoms with Crippen LogP contribution in [0.4, 0.5) is 0 Å². The lowest BCUT2D eigenvalue weighted by molar-refractivity contribution is 0.849. The monoisotopic (exact) mass is 309 g/mol. The van der Waals surface area contributed by atoms with E-state index in [1.54, 1.807) is 18.2 Å². The zero-order valence-electron chi connectivity index (χ0n) is 9.91. The van der Waals surface area contributed by atoms with Crippen LogP contribution in [-0.2, 0) is 6.42 Å². The van der Waals surface area contributed by atoms with Crippen molar-refractivity contribution in [2.24, 2.45) is 0 Å². The molecular formula is C15H10Cl3N. The van der Waals surface area contributed by atoms with Gasteiger partial charge in [0.15, 0.2) is 0 Å². The van der Waals surface area contributed by atoms with Crippen LogP contribution in [0.3, 0.4) is 0 Å². The van der Waals surface area contributed by atoms with Gasteiger partial charge in [-0.3, -0.25) is 0 Å². The van der Waals surface area contributed by atoms with Gasteiger partial charge in [-0.25, -0.2) is 0 Å². The predicted molar refractivity (Wildman–Crippen MR) is 80.0 cm³/mol. The molecule has 96 valence electrons. The molecule has 2 aromatic carbocycles. The van der Waals surface area contributed by atoms with Crippen molar-refractivity contribution in [3.05, 3.63) is 68.7 Å². The Hall–Kier alpha value is -1.20. The van der Waals surface area contributed by atoms with E-state index in [1.807, 2.05) is 24.3 Å². The largest absolute Gasteiger partial charge is 0.198 e. The zero-order valence-corrected chi connectivity index (χ0v) is 12.2. The Morgan fingerprint density at radius 3 is 2.16 bits per heavy atom. The summed E-state index contributed by atoms with van der Waals surface area (Å²) in [5.74, 6) is -0.300. The molecule has 0 amide bonds. The van der Waals surface area contributed by atoms with E-state index in [1.165, 1.54) is 0 Å². The van der Waals surface area contributed by atoms with Crippen molar-refractivity contribution in [2.45, 2.75) is 12.3 Å². The van der Waals surface area contributed by atoms with E-state index in [-0.39, 0.29) is 5.92 Å². The number of hydrogen-bond acceptors (Lipinski definition) is 1. The molecule has 0 fully saturated rings. The summed E-state index contributed by atoms with van der Waals surface area (Å²) in [6, 6.07) is 14.9. The standard InChI is InChI=1S/C15H10Cl3N/c16-12-3-1-10(2-4-12)7-11(9-19)14-6-5-13(17)8-15(14)18/h1-6,8,11H,7H2/t11-/m0/s1. The zero-order chi connectivity index (χ0) is 13.8. The highest BCUT2D eigenvalue weighted by Crippen LogP contribution is 2.29. The molecule has 0 spiro atoms. The molecule has 0 bridgehead atoms. The third kappa shape index (κ3) is 3.64. The van der Waals surface area contributed by atoms with Crippen LogP contribution < -0.4 is 0 Å². The van der Waals surface area contributed by atoms with Crippen LogP contribution in [-0.4, -0.2) is 0 Å². The lowest BCUT2D eigenvalue weighted by Crippen LogP contribution is -2.01. The Morgan fingerprint density at radius 1 is 0.947 bits per heavy atom. The van der Waals surface area contributed by atoms with E-state index < -0.39 is 0 Å². The molecule has 2 aromatic rings. The molecular weight excluding hydrogens is 301 g/mol. The first-order chi connectivity index (χ1) is 9.10. The predicted octanol–water partition coefficient (Wildman–Crippen LogP) is 5.50. The van der Waals surface area contributed by atoms with E-state index in [4.69, 9.17) is 34.8 Å². The van der Waals surface area contributed by atoms with Crippen molar-refractivity contribution < 1.29 is 0 Å². The van der Waals surface area contributed by atoms with E-state index in [2.05, 4.69) is 6.07 Å². The molecule has 0 unspecified atom stereocenters. The van der Waals surface area contributed by atoms with Crippen LogP contribution >= 0.6 is 34.8 Å². The average molecular weight is 311 g/mol. The molecule has 2 rings (SSSR count). The van der Waals surface area contributed by atoms with Gasteiger partial charge < -0.3 is 0 Å². The molecule has 0 saturated carbocycles. The highest BCUT2D eigenvalue weighted by Gasteiger charge is 2.15. The summed E-state index contributed by atoms with van der Waals surface area (Å²) in [4.78, 5) is 0. The van der Waals surface area contributed by atoms with Gasteiger partial charge in [-0.15, -0.1) is 0 Å². The number of rotatable bonds is 3. The van der Waals surface area contributed by atoms with Crippen LogP contribution in [0.15, 0.2) is 42.5 Å². The highest BCUT2D eigenvalue weighted by molar-refractivity contribution is 6.35. The second-order valence-electron chi connectivity index (χ2n) is 4.18. The second-order valence-corrected chi connectivity index (χ2v) is 5.46. The van der Waals surface area contributed by atoms with Crippen molar-refractivity contribution in [1.82, 2.24) is 0 Å². The van der Waals surface area contributed by atoms with Gasteiger partial charge in [-0.05, 0) is 41.8 Å². The maximum atomic E-state index is 9.32. The second kappa shape index (κ2) is 6.30. The first-order valence-electron chi connectivity index (χ1n) is 5.69. The van der Waals surface area contributed by atoms with Gasteiger partial charge in [0, 0.05) is 15.1 Å². The molecule has 0 heterocycles. The molecule has 1 nitrogen and oxygen atoms in total. The molecule has 0 saturated heterocycles. The smallest absolute Gasteiger partial charge is 0.0767 e. The first-order valence-corrected chi connectivity index (χ1v) is 6.82. The Labute approximate surface area is 127 Å².